The van der Waals surface area contributed by atoms with Crippen LogP contribution in [0.1, 0.15) is 26.7 Å². The summed E-state index contributed by atoms with van der Waals surface area (Å²) in [6.45, 7) is 10.3. The Kier molecular flexibility index (Phi) is 22.8. The predicted molar refractivity (Wildman–Crippen MR) is 91.2 cm³/mol. The first-order chi connectivity index (χ1) is 11.8. The lowest BCUT2D eigenvalue weighted by Gasteiger charge is -1.97. The second kappa shape index (κ2) is 21.1. The summed E-state index contributed by atoms with van der Waals surface area (Å²) < 4.78 is 17.3. The van der Waals surface area contributed by atoms with E-state index in [1.54, 1.807) is 0 Å². The molecule has 0 aliphatic carbocycles. The summed E-state index contributed by atoms with van der Waals surface area (Å²) in [5.41, 5.74) is 0. The predicted octanol–water partition coefficient (Wildman–Crippen LogP) is 2.10. The number of hydrogen-bond donors (Lipinski definition) is 0. The summed E-state index contributed by atoms with van der Waals surface area (Å²) in [6, 6.07) is 0. The van der Waals surface area contributed by atoms with E-state index in [1.807, 2.05) is 6.92 Å². The summed E-state index contributed by atoms with van der Waals surface area (Å²) >= 11 is 0. The molecule has 0 radical (unpaired) electrons. The maximum absolute atomic E-state index is 10.3. The zero-order valence-electron chi connectivity index (χ0n) is 15.1. The number of rotatable bonds is 7. The number of unbranched alkanes of at least 4 members (excludes halogenated alkanes) is 1. The zero-order valence-corrected chi connectivity index (χ0v) is 15.1. The number of carbonyl (C=O) groups excluding carboxylic acids is 4. The van der Waals surface area contributed by atoms with Gasteiger partial charge in [-0.15, -0.1) is 0 Å². The first-order valence-corrected chi connectivity index (χ1v) is 7.20. The molecule has 0 fully saturated rings. The van der Waals surface area contributed by atoms with Crippen molar-refractivity contribution in [2.24, 2.45) is 0 Å². The van der Waals surface area contributed by atoms with Gasteiger partial charge in [0.1, 0.15) is 0 Å². The molecule has 25 heavy (non-hydrogen) atoms. The smallest absolute Gasteiger partial charge is 0.330 e. The minimum absolute atomic E-state index is 0.329. The quantitative estimate of drug-likeness (QED) is 0.224. The van der Waals surface area contributed by atoms with Crippen LogP contribution in [0.25, 0.3) is 0 Å². The molecule has 0 aromatic heterocycles. The second-order valence-electron chi connectivity index (χ2n) is 3.88. The molecule has 0 spiro atoms. The van der Waals surface area contributed by atoms with Crippen LogP contribution in [0.2, 0.25) is 0 Å². The van der Waals surface area contributed by atoms with Crippen molar-refractivity contribution in [1.82, 2.24) is 0 Å². The molecule has 0 aromatic rings. The highest BCUT2D eigenvalue weighted by Gasteiger charge is 1.94. The van der Waals surface area contributed by atoms with Crippen molar-refractivity contribution in [1.29, 1.82) is 0 Å². The number of esters is 4. The molecule has 0 atom stereocenters. The van der Waals surface area contributed by atoms with Crippen molar-refractivity contribution >= 4 is 23.9 Å². The molecule has 0 rings (SSSR count). The molecule has 0 aliphatic heterocycles. The van der Waals surface area contributed by atoms with E-state index in [9.17, 15) is 19.2 Å². The largest absolute Gasteiger partial charge is 0.466 e. The molecule has 0 amide bonds. The maximum atomic E-state index is 10.3. The SMILES string of the molecule is C=CC(=O)OCCCC.C=COC(C)=O.COC(=O)/C=C\C(=O)OC. The molecule has 0 saturated heterocycles. The van der Waals surface area contributed by atoms with Crippen molar-refractivity contribution in [3.8, 4) is 0 Å². The standard InChI is InChI=1S/C7H12O2.C6H8O4.C4H6O2/c1-3-5-6-9-7(8)4-2;1-9-5(7)3-4-6(8)10-2;1-3-6-4(2)5/h4H,2-3,5-6H2,1H3;3-4H,1-2H3;3H,1H2,2H3/b;4-3-;. The van der Waals surface area contributed by atoms with Gasteiger partial charge >= 0.3 is 23.9 Å². The average Bonchev–Trinajstić information content (AvgIpc) is 2.60. The van der Waals surface area contributed by atoms with Gasteiger partial charge in [-0.05, 0) is 6.42 Å². The summed E-state index contributed by atoms with van der Waals surface area (Å²) in [6.07, 6.45) is 6.24. The minimum atomic E-state index is -0.578. The van der Waals surface area contributed by atoms with E-state index in [0.717, 1.165) is 31.3 Å². The Bertz CT molecular complexity index is 434. The van der Waals surface area contributed by atoms with Gasteiger partial charge in [0.2, 0.25) is 0 Å². The van der Waals surface area contributed by atoms with Crippen molar-refractivity contribution in [3.05, 3.63) is 37.6 Å². The average molecular weight is 358 g/mol. The van der Waals surface area contributed by atoms with Crippen LogP contribution in [0, 0.1) is 0 Å². The summed E-state index contributed by atoms with van der Waals surface area (Å²) in [7, 11) is 2.45. The fourth-order valence-electron chi connectivity index (χ4n) is 0.766. The lowest BCUT2D eigenvalue weighted by atomic mass is 10.4. The Hall–Kier alpha value is -2.90. The van der Waals surface area contributed by atoms with Gasteiger partial charge in [-0.2, -0.15) is 0 Å². The molecule has 0 unspecified atom stereocenters. The van der Waals surface area contributed by atoms with Gasteiger partial charge < -0.3 is 18.9 Å². The van der Waals surface area contributed by atoms with Crippen LogP contribution in [-0.2, 0) is 38.1 Å². The number of carbonyl (C=O) groups is 4. The van der Waals surface area contributed by atoms with Gasteiger partial charge in [-0.1, -0.05) is 26.5 Å². The molecule has 0 heterocycles. The van der Waals surface area contributed by atoms with Crippen molar-refractivity contribution < 1.29 is 38.1 Å². The highest BCUT2D eigenvalue weighted by molar-refractivity contribution is 5.91. The van der Waals surface area contributed by atoms with Crippen LogP contribution in [0.5, 0.6) is 0 Å². The zero-order chi connectivity index (χ0) is 20.1. The van der Waals surface area contributed by atoms with Crippen LogP contribution in [0.4, 0.5) is 0 Å². The van der Waals surface area contributed by atoms with Crippen LogP contribution in [0.15, 0.2) is 37.6 Å². The van der Waals surface area contributed by atoms with Gasteiger partial charge in [0.05, 0.1) is 27.1 Å². The van der Waals surface area contributed by atoms with Gasteiger partial charge in [-0.25, -0.2) is 14.4 Å². The van der Waals surface area contributed by atoms with Gasteiger partial charge in [0, 0.05) is 25.2 Å². The first-order valence-electron chi connectivity index (χ1n) is 7.20. The Morgan fingerprint density at radius 1 is 0.920 bits per heavy atom. The molecular formula is C17H26O8. The minimum Gasteiger partial charge on any atom is -0.466 e. The Morgan fingerprint density at radius 3 is 1.64 bits per heavy atom. The lowest BCUT2D eigenvalue weighted by molar-refractivity contribution is -0.138. The van der Waals surface area contributed by atoms with Crippen LogP contribution >= 0.6 is 0 Å². The van der Waals surface area contributed by atoms with Crippen molar-refractivity contribution in [2.45, 2.75) is 26.7 Å². The summed E-state index contributed by atoms with van der Waals surface area (Å²) in [4.78, 5) is 40.7. The molecule has 8 heteroatoms. The lowest BCUT2D eigenvalue weighted by Crippen LogP contribution is -2.00. The van der Waals surface area contributed by atoms with Crippen molar-refractivity contribution in [3.63, 3.8) is 0 Å². The molecule has 0 N–H and O–H groups in total. The van der Waals surface area contributed by atoms with E-state index in [0.29, 0.717) is 6.61 Å². The summed E-state index contributed by atoms with van der Waals surface area (Å²) in [5.74, 6) is -1.82. The molecule has 0 saturated carbocycles. The van der Waals surface area contributed by atoms with Crippen LogP contribution in [-0.4, -0.2) is 44.7 Å². The van der Waals surface area contributed by atoms with Crippen LogP contribution < -0.4 is 0 Å². The van der Waals surface area contributed by atoms with Gasteiger partial charge in [-0.3, -0.25) is 4.79 Å². The van der Waals surface area contributed by atoms with E-state index in [-0.39, 0.29) is 11.9 Å². The third-order valence-electron chi connectivity index (χ3n) is 1.92. The van der Waals surface area contributed by atoms with E-state index >= 15 is 0 Å². The monoisotopic (exact) mass is 358 g/mol. The molecule has 142 valence electrons. The maximum Gasteiger partial charge on any atom is 0.330 e. The Balaban J connectivity index is -0.000000300. The molecule has 0 aliphatic rings. The van der Waals surface area contributed by atoms with Gasteiger partial charge in [0.25, 0.3) is 0 Å². The topological polar surface area (TPSA) is 105 Å². The van der Waals surface area contributed by atoms with Gasteiger partial charge in [0.15, 0.2) is 0 Å². The highest BCUT2D eigenvalue weighted by atomic mass is 16.5. The fourth-order valence-corrected chi connectivity index (χ4v) is 0.766. The highest BCUT2D eigenvalue weighted by Crippen LogP contribution is 1.88. The van der Waals surface area contributed by atoms with E-state index in [2.05, 4.69) is 32.1 Å². The molecule has 0 aromatic carbocycles. The van der Waals surface area contributed by atoms with E-state index in [1.165, 1.54) is 27.2 Å². The molecule has 0 bridgehead atoms. The second-order valence-corrected chi connectivity index (χ2v) is 3.88. The first kappa shape index (κ1) is 27.0. The third-order valence-corrected chi connectivity index (χ3v) is 1.92. The fraction of sp³-hybridized carbons (Fsp3) is 0.412. The van der Waals surface area contributed by atoms with Crippen molar-refractivity contribution in [2.75, 3.05) is 20.8 Å². The van der Waals surface area contributed by atoms with E-state index in [4.69, 9.17) is 0 Å². The number of ether oxygens (including phenoxy) is 4. The number of methoxy groups -OCH3 is 2. The number of hydrogen-bond acceptors (Lipinski definition) is 8. The summed E-state index contributed by atoms with van der Waals surface area (Å²) in [5, 5.41) is 0. The molecular weight excluding hydrogens is 332 g/mol. The Morgan fingerprint density at radius 2 is 1.40 bits per heavy atom. The normalized spacial score (nSPS) is 8.48. The molecule has 8 nitrogen and oxygen atoms in total. The third kappa shape index (κ3) is 29.7. The van der Waals surface area contributed by atoms with Crippen LogP contribution in [0.3, 0.4) is 0 Å². The Labute approximate surface area is 148 Å². The van der Waals surface area contributed by atoms with E-state index < -0.39 is 11.9 Å².